The van der Waals surface area contributed by atoms with Crippen molar-refractivity contribution in [1.29, 1.82) is 0 Å². The second-order valence-corrected chi connectivity index (χ2v) is 12.5. The van der Waals surface area contributed by atoms with Gasteiger partial charge in [-0.25, -0.2) is 0 Å². The number of carbonyl (C=O) groups is 2. The third-order valence-corrected chi connectivity index (χ3v) is 9.00. The first kappa shape index (κ1) is 26.0. The normalized spacial score (nSPS) is 20.7. The minimum atomic E-state index is -0.393. The highest BCUT2D eigenvalue weighted by Gasteiger charge is 2.43. The van der Waals surface area contributed by atoms with Gasteiger partial charge in [-0.1, -0.05) is 12.1 Å². The van der Waals surface area contributed by atoms with Crippen molar-refractivity contribution < 1.29 is 14.3 Å². The Morgan fingerprint density at radius 2 is 1.87 bits per heavy atom. The lowest BCUT2D eigenvalue weighted by atomic mass is 9.93. The van der Waals surface area contributed by atoms with Gasteiger partial charge in [-0.15, -0.1) is 10.2 Å². The second kappa shape index (κ2) is 10.0. The number of carbonyl (C=O) groups excluding carboxylic acids is 2. The van der Waals surface area contributed by atoms with Gasteiger partial charge in [0.05, 0.1) is 35.0 Å². The van der Waals surface area contributed by atoms with Crippen LogP contribution in [0.1, 0.15) is 54.8 Å². The van der Waals surface area contributed by atoms with Crippen LogP contribution in [-0.2, 0) is 13.1 Å². The van der Waals surface area contributed by atoms with Gasteiger partial charge in [-0.05, 0) is 61.3 Å². The first-order chi connectivity index (χ1) is 18.8. The minimum Gasteiger partial charge on any atom is -0.381 e. The second-order valence-electron chi connectivity index (χ2n) is 10.4. The molecule has 1 saturated heterocycles. The SMILES string of the molecule is CNC(=O)c1nnc(NC(=O)C2CC2)cc1Nc1cccc2c1N(C)[C@](C)(I)c1c-2cnn1C1CCOCC1. The molecule has 2 amide bonds. The maximum atomic E-state index is 12.7. The van der Waals surface area contributed by atoms with Crippen molar-refractivity contribution >= 4 is 57.3 Å². The van der Waals surface area contributed by atoms with E-state index >= 15 is 0 Å². The van der Waals surface area contributed by atoms with Gasteiger partial charge in [0.2, 0.25) is 5.91 Å². The van der Waals surface area contributed by atoms with E-state index in [4.69, 9.17) is 9.84 Å². The summed E-state index contributed by atoms with van der Waals surface area (Å²) < 4.78 is 7.40. The summed E-state index contributed by atoms with van der Waals surface area (Å²) in [4.78, 5) is 27.3. The molecular weight excluding hydrogens is 611 g/mol. The van der Waals surface area contributed by atoms with E-state index in [-0.39, 0.29) is 23.4 Å². The van der Waals surface area contributed by atoms with Crippen molar-refractivity contribution in [3.63, 3.8) is 0 Å². The molecule has 3 N–H and O–H groups in total. The van der Waals surface area contributed by atoms with Gasteiger partial charge in [0.1, 0.15) is 3.55 Å². The smallest absolute Gasteiger partial charge is 0.273 e. The molecule has 3 aliphatic rings. The number of anilines is 4. The molecule has 0 spiro atoms. The number of para-hydroxylation sites is 1. The summed E-state index contributed by atoms with van der Waals surface area (Å²) in [6.45, 7) is 3.68. The van der Waals surface area contributed by atoms with E-state index in [0.717, 1.165) is 61.4 Å². The van der Waals surface area contributed by atoms with Crippen LogP contribution in [0, 0.1) is 5.92 Å². The van der Waals surface area contributed by atoms with Crippen LogP contribution in [0.5, 0.6) is 0 Å². The van der Waals surface area contributed by atoms with Crippen LogP contribution < -0.4 is 20.9 Å². The Bertz CT molecular complexity index is 1440. The highest BCUT2D eigenvalue weighted by atomic mass is 127. The van der Waals surface area contributed by atoms with E-state index in [9.17, 15) is 9.59 Å². The lowest BCUT2D eigenvalue weighted by Crippen LogP contribution is -2.42. The number of ether oxygens (including phenoxy) is 1. The quantitative estimate of drug-likeness (QED) is 0.208. The number of nitrogens with zero attached hydrogens (tertiary/aromatic N) is 5. The number of halogens is 1. The predicted molar refractivity (Wildman–Crippen MR) is 157 cm³/mol. The Morgan fingerprint density at radius 3 is 2.59 bits per heavy atom. The van der Waals surface area contributed by atoms with Crippen LogP contribution in [0.15, 0.2) is 30.5 Å². The van der Waals surface area contributed by atoms with Gasteiger partial charge >= 0.3 is 0 Å². The van der Waals surface area contributed by atoms with E-state index in [1.54, 1.807) is 13.1 Å². The molecule has 6 rings (SSSR count). The molecule has 4 heterocycles. The highest BCUT2D eigenvalue weighted by molar-refractivity contribution is 14.1. The number of aromatic nitrogens is 4. The maximum absolute atomic E-state index is 12.7. The largest absolute Gasteiger partial charge is 0.381 e. The molecule has 2 fully saturated rings. The van der Waals surface area contributed by atoms with Crippen LogP contribution in [0.2, 0.25) is 0 Å². The summed E-state index contributed by atoms with van der Waals surface area (Å²) in [7, 11) is 3.63. The van der Waals surface area contributed by atoms with Crippen LogP contribution in [0.25, 0.3) is 11.1 Å². The highest BCUT2D eigenvalue weighted by Crippen LogP contribution is 2.53. The Morgan fingerprint density at radius 1 is 1.10 bits per heavy atom. The van der Waals surface area contributed by atoms with Crippen molar-refractivity contribution in [3.05, 3.63) is 41.9 Å². The Hall–Kier alpha value is -3.26. The molecule has 39 heavy (non-hydrogen) atoms. The monoisotopic (exact) mass is 642 g/mol. The molecule has 1 aromatic carbocycles. The number of amides is 2. The third kappa shape index (κ3) is 4.62. The van der Waals surface area contributed by atoms with Crippen LogP contribution in [0.3, 0.4) is 0 Å². The lowest BCUT2D eigenvalue weighted by molar-refractivity contribution is -0.117. The summed E-state index contributed by atoms with van der Waals surface area (Å²) in [5.74, 6) is -0.121. The molecule has 0 radical (unpaired) electrons. The van der Waals surface area contributed by atoms with Crippen LogP contribution in [0.4, 0.5) is 22.9 Å². The van der Waals surface area contributed by atoms with Gasteiger partial charge < -0.3 is 25.6 Å². The molecule has 3 aromatic rings. The Kier molecular flexibility index (Phi) is 6.69. The fraction of sp³-hybridized carbons (Fsp3) is 0.444. The first-order valence-corrected chi connectivity index (χ1v) is 14.3. The lowest BCUT2D eigenvalue weighted by Gasteiger charge is -2.43. The molecule has 2 aromatic heterocycles. The number of alkyl halides is 1. The minimum absolute atomic E-state index is 0.0224. The number of hydrogen-bond acceptors (Lipinski definition) is 8. The predicted octanol–water partition coefficient (Wildman–Crippen LogP) is 4.20. The number of hydrogen-bond donors (Lipinski definition) is 3. The number of fused-ring (bicyclic) bond motifs is 3. The zero-order chi connectivity index (χ0) is 27.3. The van der Waals surface area contributed by atoms with Crippen LogP contribution >= 0.6 is 22.6 Å². The van der Waals surface area contributed by atoms with E-state index in [2.05, 4.69) is 78.4 Å². The number of nitrogens with one attached hydrogen (secondary N) is 3. The molecular formula is C27H31IN8O3. The van der Waals surface area contributed by atoms with Crippen molar-refractivity contribution in [1.82, 2.24) is 25.3 Å². The molecule has 204 valence electrons. The molecule has 1 aliphatic carbocycles. The first-order valence-electron chi connectivity index (χ1n) is 13.2. The maximum Gasteiger partial charge on any atom is 0.273 e. The molecule has 0 unspecified atom stereocenters. The summed E-state index contributed by atoms with van der Waals surface area (Å²) in [6.07, 6.45) is 5.61. The van der Waals surface area contributed by atoms with Crippen LogP contribution in [-0.4, -0.2) is 59.1 Å². The van der Waals surface area contributed by atoms with E-state index in [1.807, 2.05) is 18.3 Å². The van der Waals surface area contributed by atoms with Crippen molar-refractivity contribution in [2.45, 2.75) is 42.2 Å². The summed E-state index contributed by atoms with van der Waals surface area (Å²) >= 11 is 2.50. The van der Waals surface area contributed by atoms with E-state index in [1.165, 1.54) is 5.69 Å². The summed E-state index contributed by atoms with van der Waals surface area (Å²) in [5, 5.41) is 22.0. The molecule has 12 heteroatoms. The summed E-state index contributed by atoms with van der Waals surface area (Å²) in [6, 6.07) is 8.04. The van der Waals surface area contributed by atoms with E-state index in [0.29, 0.717) is 17.5 Å². The molecule has 2 aliphatic heterocycles. The van der Waals surface area contributed by atoms with Gasteiger partial charge in [-0.3, -0.25) is 14.3 Å². The Labute approximate surface area is 240 Å². The van der Waals surface area contributed by atoms with Gasteiger partial charge in [0.15, 0.2) is 11.5 Å². The fourth-order valence-electron chi connectivity index (χ4n) is 5.37. The molecule has 11 nitrogen and oxygen atoms in total. The average Bonchev–Trinajstić information content (AvgIpc) is 3.70. The topological polar surface area (TPSA) is 126 Å². The molecule has 1 atom stereocenters. The Balaban J connectivity index is 1.41. The fourth-order valence-corrected chi connectivity index (χ4v) is 6.14. The van der Waals surface area contributed by atoms with Gasteiger partial charge in [0.25, 0.3) is 5.91 Å². The average molecular weight is 643 g/mol. The zero-order valence-electron chi connectivity index (χ0n) is 22.1. The molecule has 1 saturated carbocycles. The summed E-state index contributed by atoms with van der Waals surface area (Å²) in [5.41, 5.74) is 5.70. The van der Waals surface area contributed by atoms with Crippen molar-refractivity contribution in [2.24, 2.45) is 5.92 Å². The van der Waals surface area contributed by atoms with E-state index < -0.39 is 3.55 Å². The van der Waals surface area contributed by atoms with Gasteiger partial charge in [0, 0.05) is 50.4 Å². The number of benzene rings is 1. The zero-order valence-corrected chi connectivity index (χ0v) is 24.3. The molecule has 0 bridgehead atoms. The third-order valence-electron chi connectivity index (χ3n) is 7.76. The van der Waals surface area contributed by atoms with Gasteiger partial charge in [-0.2, -0.15) is 5.10 Å². The van der Waals surface area contributed by atoms with Crippen molar-refractivity contribution in [2.75, 3.05) is 42.8 Å². The standard InChI is InChI=1S/C27H31IN8O3/c1-27(28)24-18(14-30-36(24)16-9-11-39-12-10-16)17-5-4-6-19(23(17)35(27)3)31-20-13-21(32-25(37)15-7-8-15)33-34-22(20)26(38)29-2/h4-6,13-16H,7-12H2,1-3H3,(H,29,38)(H2,31,32,33,37)/t27-/m0/s1. The number of rotatable bonds is 6. The van der Waals surface area contributed by atoms with Crippen molar-refractivity contribution in [3.8, 4) is 11.1 Å².